The van der Waals surface area contributed by atoms with Crippen molar-refractivity contribution in [3.8, 4) is 0 Å². The van der Waals surface area contributed by atoms with Gasteiger partial charge >= 0.3 is 0 Å². The number of carbonyl (C=O) groups is 2. The lowest BCUT2D eigenvalue weighted by molar-refractivity contribution is -0.140. The Morgan fingerprint density at radius 1 is 0.804 bits per heavy atom. The maximum absolute atomic E-state index is 14.6. The maximum atomic E-state index is 14.6. The predicted octanol–water partition coefficient (Wildman–Crippen LogP) is 7.71. The van der Waals surface area contributed by atoms with Gasteiger partial charge in [0.25, 0.3) is 10.0 Å². The van der Waals surface area contributed by atoms with E-state index in [0.717, 1.165) is 15.4 Å². The molecule has 11 heteroatoms. The highest BCUT2D eigenvalue weighted by Crippen LogP contribution is 2.31. The fraction of sp³-hybridized carbons (Fsp3) is 0.257. The molecule has 0 heterocycles. The van der Waals surface area contributed by atoms with Crippen LogP contribution in [-0.2, 0) is 32.6 Å². The number of rotatable bonds is 11. The summed E-state index contributed by atoms with van der Waals surface area (Å²) < 4.78 is 29.3. The van der Waals surface area contributed by atoms with E-state index >= 15 is 0 Å². The molecule has 7 nitrogen and oxygen atoms in total. The number of hydrogen-bond donors (Lipinski definition) is 1. The molecule has 0 aliphatic carbocycles. The molecule has 4 rings (SSSR count). The van der Waals surface area contributed by atoms with Gasteiger partial charge in [0, 0.05) is 23.5 Å². The highest BCUT2D eigenvalue weighted by Gasteiger charge is 2.36. The molecule has 1 N–H and O–H groups in total. The number of aryl methyl sites for hydroxylation is 1. The minimum Gasteiger partial charge on any atom is -0.350 e. The van der Waals surface area contributed by atoms with Crippen LogP contribution in [0.3, 0.4) is 0 Å². The van der Waals surface area contributed by atoms with E-state index in [1.54, 1.807) is 36.4 Å². The second-order valence-corrected chi connectivity index (χ2v) is 15.1. The quantitative estimate of drug-likeness (QED) is 0.174. The number of nitrogens with one attached hydrogen (secondary N) is 1. The second-order valence-electron chi connectivity index (χ2n) is 12.0. The number of hydrogen-bond acceptors (Lipinski definition) is 4. The van der Waals surface area contributed by atoms with Crippen LogP contribution in [0.4, 0.5) is 5.69 Å². The van der Waals surface area contributed by atoms with Crippen LogP contribution in [0.5, 0.6) is 0 Å². The average molecular weight is 701 g/mol. The van der Waals surface area contributed by atoms with E-state index in [-0.39, 0.29) is 39.5 Å². The van der Waals surface area contributed by atoms with Crippen LogP contribution >= 0.6 is 34.8 Å². The zero-order chi connectivity index (χ0) is 33.6. The van der Waals surface area contributed by atoms with Gasteiger partial charge < -0.3 is 10.2 Å². The molecule has 46 heavy (non-hydrogen) atoms. The molecule has 0 unspecified atom stereocenters. The van der Waals surface area contributed by atoms with Crippen molar-refractivity contribution in [1.29, 1.82) is 0 Å². The molecule has 1 atom stereocenters. The van der Waals surface area contributed by atoms with Crippen molar-refractivity contribution in [1.82, 2.24) is 10.2 Å². The van der Waals surface area contributed by atoms with Crippen LogP contribution in [0.25, 0.3) is 0 Å². The third kappa shape index (κ3) is 9.04. The Morgan fingerprint density at radius 3 is 2.04 bits per heavy atom. The van der Waals surface area contributed by atoms with Crippen LogP contribution in [0, 0.1) is 6.92 Å². The normalized spacial score (nSPS) is 12.3. The summed E-state index contributed by atoms with van der Waals surface area (Å²) in [5.41, 5.74) is 1.82. The number of amides is 2. The topological polar surface area (TPSA) is 86.8 Å². The van der Waals surface area contributed by atoms with Gasteiger partial charge in [-0.15, -0.1) is 0 Å². The first kappa shape index (κ1) is 35.3. The lowest BCUT2D eigenvalue weighted by atomic mass is 10.0. The Morgan fingerprint density at radius 2 is 1.43 bits per heavy atom. The Kier molecular flexibility index (Phi) is 11.4. The van der Waals surface area contributed by atoms with Crippen molar-refractivity contribution in [2.75, 3.05) is 10.8 Å². The maximum Gasteiger partial charge on any atom is 0.264 e. The van der Waals surface area contributed by atoms with Gasteiger partial charge in [-0.05, 0) is 75.2 Å². The summed E-state index contributed by atoms with van der Waals surface area (Å²) in [6.45, 7) is 6.72. The van der Waals surface area contributed by atoms with Crippen LogP contribution in [0.1, 0.15) is 37.5 Å². The van der Waals surface area contributed by atoms with E-state index < -0.39 is 34.1 Å². The molecular weight excluding hydrogens is 665 g/mol. The largest absolute Gasteiger partial charge is 0.350 e. The highest BCUT2D eigenvalue weighted by molar-refractivity contribution is 7.92. The molecule has 0 fully saturated rings. The van der Waals surface area contributed by atoms with Gasteiger partial charge in [0.1, 0.15) is 12.6 Å². The van der Waals surface area contributed by atoms with E-state index in [4.69, 9.17) is 34.8 Å². The highest BCUT2D eigenvalue weighted by atomic mass is 35.5. The predicted molar refractivity (Wildman–Crippen MR) is 186 cm³/mol. The van der Waals surface area contributed by atoms with Crippen LogP contribution in [0.2, 0.25) is 15.1 Å². The SMILES string of the molecule is Cc1ccc(S(=O)(=O)N(CC(=O)N(Cc2ccccc2Cl)[C@@H](Cc2ccccc2)C(=O)NC(C)(C)C)c2ccc(Cl)c(Cl)c2)cc1. The van der Waals surface area contributed by atoms with Crippen molar-refractivity contribution in [2.45, 2.75) is 57.1 Å². The van der Waals surface area contributed by atoms with Gasteiger partial charge in [-0.3, -0.25) is 13.9 Å². The third-order valence-electron chi connectivity index (χ3n) is 7.15. The van der Waals surface area contributed by atoms with Gasteiger partial charge in [0.15, 0.2) is 0 Å². The summed E-state index contributed by atoms with van der Waals surface area (Å²) in [7, 11) is -4.29. The molecule has 0 aromatic heterocycles. The first-order valence-electron chi connectivity index (χ1n) is 14.6. The Bertz CT molecular complexity index is 1790. The molecule has 0 spiro atoms. The van der Waals surface area contributed by atoms with Crippen molar-refractivity contribution >= 4 is 62.3 Å². The molecule has 242 valence electrons. The zero-order valence-corrected chi connectivity index (χ0v) is 29.1. The minimum atomic E-state index is -4.29. The van der Waals surface area contributed by atoms with Gasteiger partial charge in [0.2, 0.25) is 11.8 Å². The van der Waals surface area contributed by atoms with Gasteiger partial charge in [-0.25, -0.2) is 8.42 Å². The molecular formula is C35H36Cl3N3O4S. The van der Waals surface area contributed by atoms with E-state index in [1.165, 1.54) is 35.2 Å². The average Bonchev–Trinajstić information content (AvgIpc) is 2.99. The minimum absolute atomic E-state index is 0.0130. The van der Waals surface area contributed by atoms with Crippen LogP contribution in [-0.4, -0.2) is 43.3 Å². The molecule has 4 aromatic carbocycles. The summed E-state index contributed by atoms with van der Waals surface area (Å²) >= 11 is 19.0. The number of anilines is 1. The standard InChI is InChI=1S/C35H36Cl3N3O4S/c1-24-14-17-28(18-15-24)46(44,45)41(27-16-19-30(37)31(38)21-27)23-33(42)40(22-26-12-8-9-13-29(26)36)32(34(43)39-35(2,3)4)20-25-10-6-5-7-11-25/h5-19,21,32H,20,22-23H2,1-4H3,(H,39,43)/t32-/m0/s1. The van der Waals surface area contributed by atoms with E-state index in [9.17, 15) is 18.0 Å². The summed E-state index contributed by atoms with van der Waals surface area (Å²) in [6, 6.07) is 26.0. The molecule has 4 aromatic rings. The number of halogens is 3. The van der Waals surface area contributed by atoms with Crippen LogP contribution < -0.4 is 9.62 Å². The van der Waals surface area contributed by atoms with Crippen LogP contribution in [0.15, 0.2) is 102 Å². The van der Waals surface area contributed by atoms with Crippen molar-refractivity contribution in [3.05, 3.63) is 129 Å². The molecule has 0 aliphatic rings. The first-order valence-corrected chi connectivity index (χ1v) is 17.2. The van der Waals surface area contributed by atoms with E-state index in [2.05, 4.69) is 5.32 Å². The molecule has 0 saturated heterocycles. The molecule has 0 bridgehead atoms. The summed E-state index contributed by atoms with van der Waals surface area (Å²) in [5, 5.41) is 3.76. The van der Waals surface area contributed by atoms with E-state index in [1.807, 2.05) is 58.0 Å². The summed E-state index contributed by atoms with van der Waals surface area (Å²) in [5.74, 6) is -1.01. The number of benzene rings is 4. The molecule has 0 aliphatic heterocycles. The number of sulfonamides is 1. The monoisotopic (exact) mass is 699 g/mol. The smallest absolute Gasteiger partial charge is 0.264 e. The fourth-order valence-corrected chi connectivity index (χ4v) is 6.72. The van der Waals surface area contributed by atoms with Crippen molar-refractivity contribution in [3.63, 3.8) is 0 Å². The van der Waals surface area contributed by atoms with Gasteiger partial charge in [-0.1, -0.05) is 101 Å². The van der Waals surface area contributed by atoms with Crippen molar-refractivity contribution < 1.29 is 18.0 Å². The van der Waals surface area contributed by atoms with Gasteiger partial charge in [0.05, 0.1) is 20.6 Å². The first-order chi connectivity index (χ1) is 21.7. The number of nitrogens with zero attached hydrogens (tertiary/aromatic N) is 2. The van der Waals surface area contributed by atoms with Crippen molar-refractivity contribution in [2.24, 2.45) is 0 Å². The summed E-state index contributed by atoms with van der Waals surface area (Å²) in [4.78, 5) is 29.9. The zero-order valence-electron chi connectivity index (χ0n) is 26.0. The Hall–Kier alpha value is -3.56. The van der Waals surface area contributed by atoms with E-state index in [0.29, 0.717) is 10.6 Å². The van der Waals surface area contributed by atoms with Gasteiger partial charge in [-0.2, -0.15) is 0 Å². The second kappa shape index (κ2) is 14.9. The third-order valence-corrected chi connectivity index (χ3v) is 10.0. The lowest BCUT2D eigenvalue weighted by Crippen LogP contribution is -2.56. The molecule has 2 amide bonds. The number of carbonyl (C=O) groups excluding carboxylic acids is 2. The fourth-order valence-electron chi connectivity index (χ4n) is 4.82. The Labute approximate surface area is 286 Å². The Balaban J connectivity index is 1.84. The molecule has 0 saturated carbocycles. The molecule has 0 radical (unpaired) electrons. The lowest BCUT2D eigenvalue weighted by Gasteiger charge is -2.35. The summed E-state index contributed by atoms with van der Waals surface area (Å²) in [6.07, 6.45) is 0.177.